The van der Waals surface area contributed by atoms with Crippen LogP contribution in [0.4, 0.5) is 0 Å². The van der Waals surface area contributed by atoms with Gasteiger partial charge in [0.05, 0.1) is 12.6 Å². The molecule has 0 bridgehead atoms. The van der Waals surface area contributed by atoms with E-state index in [0.29, 0.717) is 6.42 Å². The summed E-state index contributed by atoms with van der Waals surface area (Å²) in [5.41, 5.74) is 0. The van der Waals surface area contributed by atoms with E-state index in [-0.39, 0.29) is 68.0 Å². The number of hydrogen-bond donors (Lipinski definition) is 4. The molecule has 1 unspecified atom stereocenters. The van der Waals surface area contributed by atoms with E-state index in [9.17, 15) is 28.8 Å². The molecule has 182 valence electrons. The number of imide groups is 1. The number of aliphatic hydroxyl groups excluding tert-OH is 1. The normalized spacial score (nSPS) is 17.7. The number of nitrogens with one attached hydrogen (secondary N) is 3. The molecule has 5 amide bonds. The molecule has 32 heavy (non-hydrogen) atoms. The quantitative estimate of drug-likeness (QED) is 0.231. The maximum atomic E-state index is 11.8. The molecule has 11 heteroatoms. The van der Waals surface area contributed by atoms with Gasteiger partial charge in [0.1, 0.15) is 13.7 Å². The molecule has 1 saturated heterocycles. The van der Waals surface area contributed by atoms with Crippen molar-refractivity contribution < 1.29 is 35.2 Å². The van der Waals surface area contributed by atoms with Crippen LogP contribution in [0.25, 0.3) is 0 Å². The first-order valence-corrected chi connectivity index (χ1v) is 10.7. The second-order valence-corrected chi connectivity index (χ2v) is 7.80. The highest BCUT2D eigenvalue weighted by Crippen LogP contribution is 2.18. The summed E-state index contributed by atoms with van der Waals surface area (Å²) >= 11 is 0. The van der Waals surface area contributed by atoms with E-state index < -0.39 is 24.3 Å². The Hall–Kier alpha value is -2.82. The average molecular weight is 458 g/mol. The van der Waals surface area contributed by atoms with Crippen LogP contribution in [0.2, 0.25) is 0 Å². The minimum absolute atomic E-state index is 0.0847. The molecule has 1 heterocycles. The number of nitrogens with zero attached hydrogens (tertiary/aromatic N) is 1. The summed E-state index contributed by atoms with van der Waals surface area (Å²) in [6.45, 7) is 8.63. The van der Waals surface area contributed by atoms with E-state index in [0.717, 1.165) is 4.90 Å². The summed E-state index contributed by atoms with van der Waals surface area (Å²) in [7, 11) is 0. The molecule has 3 atom stereocenters. The van der Waals surface area contributed by atoms with Crippen LogP contribution in [0.1, 0.15) is 55.3 Å². The Morgan fingerprint density at radius 1 is 1.22 bits per heavy atom. The van der Waals surface area contributed by atoms with Gasteiger partial charge in [0, 0.05) is 38.3 Å². The Morgan fingerprint density at radius 2 is 1.84 bits per heavy atom. The smallest absolute Gasteiger partial charge is 0.243 e. The standard InChI is InChI=1S/C11H20N2O3.C10H16N2O4/c1-5-9(15)13-10(7(2)3)11(16)12-8(4)6-14;1-7-6-9(15)12(10(7)16)4-2-8(14)11-3-5-13/h6-8,10H,5H2,1-4H3,(H,12,16)(H,13,15);7,13H,2-6H2,1H3,(H,11,14)/t8-,10-;/m0./s1/i6D;. The van der Waals surface area contributed by atoms with Crippen molar-refractivity contribution in [1.82, 2.24) is 20.9 Å². The number of aliphatic hydroxyl groups is 1. The summed E-state index contributed by atoms with van der Waals surface area (Å²) in [5, 5.41) is 15.9. The molecule has 11 nitrogen and oxygen atoms in total. The number of amides is 5. The monoisotopic (exact) mass is 457 g/mol. The maximum Gasteiger partial charge on any atom is 0.243 e. The maximum absolute atomic E-state index is 11.8. The lowest BCUT2D eigenvalue weighted by molar-refractivity contribution is -0.139. The van der Waals surface area contributed by atoms with E-state index in [4.69, 9.17) is 6.48 Å². The molecule has 0 saturated carbocycles. The van der Waals surface area contributed by atoms with Gasteiger partial charge in [-0.25, -0.2) is 0 Å². The van der Waals surface area contributed by atoms with Crippen molar-refractivity contribution in [2.24, 2.45) is 11.8 Å². The zero-order chi connectivity index (χ0) is 25.7. The van der Waals surface area contributed by atoms with E-state index in [1.54, 1.807) is 27.7 Å². The highest BCUT2D eigenvalue weighted by atomic mass is 16.3. The minimum Gasteiger partial charge on any atom is -0.395 e. The Bertz CT molecular complexity index is 729. The van der Waals surface area contributed by atoms with Gasteiger partial charge in [-0.15, -0.1) is 0 Å². The average Bonchev–Trinajstić information content (AvgIpc) is 2.99. The Kier molecular flexibility index (Phi) is 12.8. The number of aldehydes is 1. The van der Waals surface area contributed by atoms with E-state index in [1.807, 2.05) is 0 Å². The summed E-state index contributed by atoms with van der Waals surface area (Å²) < 4.78 is 6.86. The van der Waals surface area contributed by atoms with E-state index in [1.165, 1.54) is 6.92 Å². The third kappa shape index (κ3) is 10.5. The van der Waals surface area contributed by atoms with Crippen LogP contribution in [0.15, 0.2) is 0 Å². The van der Waals surface area contributed by atoms with E-state index >= 15 is 0 Å². The first kappa shape index (κ1) is 27.2. The summed E-state index contributed by atoms with van der Waals surface area (Å²) in [4.78, 5) is 68.9. The number of hydrogen-bond acceptors (Lipinski definition) is 7. The van der Waals surface area contributed by atoms with Gasteiger partial charge in [-0.05, 0) is 12.8 Å². The molecule has 0 aromatic carbocycles. The van der Waals surface area contributed by atoms with Gasteiger partial charge in [-0.3, -0.25) is 28.9 Å². The molecule has 0 spiro atoms. The first-order chi connectivity index (χ1) is 15.3. The van der Waals surface area contributed by atoms with Gasteiger partial charge >= 0.3 is 0 Å². The molecule has 4 N–H and O–H groups in total. The lowest BCUT2D eigenvalue weighted by Crippen LogP contribution is -2.51. The molecule has 1 aliphatic heterocycles. The zero-order valence-electron chi connectivity index (χ0n) is 20.4. The summed E-state index contributed by atoms with van der Waals surface area (Å²) in [6.07, 6.45) is -0.243. The predicted molar refractivity (Wildman–Crippen MR) is 116 cm³/mol. The van der Waals surface area contributed by atoms with Crippen LogP contribution >= 0.6 is 0 Å². The fourth-order valence-electron chi connectivity index (χ4n) is 2.72. The SMILES string of the molecule is CC1CC(=O)N(CCC(=O)NCCO)C1=O.[2H]C(=O)[C@H](C)NC(=O)[C@@H](NC(=O)CC)C(C)C. The van der Waals surface area contributed by atoms with Crippen LogP contribution in [0.5, 0.6) is 0 Å². The van der Waals surface area contributed by atoms with Gasteiger partial charge in [-0.2, -0.15) is 0 Å². The third-order valence-electron chi connectivity index (χ3n) is 4.59. The van der Waals surface area contributed by atoms with Crippen molar-refractivity contribution >= 4 is 35.8 Å². The van der Waals surface area contributed by atoms with Gasteiger partial charge in [0.15, 0.2) is 0 Å². The van der Waals surface area contributed by atoms with Crippen molar-refractivity contribution in [2.45, 2.75) is 66.0 Å². The van der Waals surface area contributed by atoms with Crippen LogP contribution in [-0.2, 0) is 28.8 Å². The highest BCUT2D eigenvalue weighted by Gasteiger charge is 2.35. The van der Waals surface area contributed by atoms with Crippen LogP contribution in [0, 0.1) is 11.8 Å². The van der Waals surface area contributed by atoms with E-state index in [2.05, 4.69) is 16.0 Å². The number of carbonyl (C=O) groups is 6. The second kappa shape index (κ2) is 15.1. The Morgan fingerprint density at radius 3 is 2.28 bits per heavy atom. The number of likely N-dealkylation sites (tertiary alicyclic amines) is 1. The third-order valence-corrected chi connectivity index (χ3v) is 4.59. The van der Waals surface area contributed by atoms with Crippen LogP contribution < -0.4 is 16.0 Å². The molecule has 0 radical (unpaired) electrons. The first-order valence-electron chi connectivity index (χ1n) is 11.2. The predicted octanol–water partition coefficient (Wildman–Crippen LogP) is -0.879. The Balaban J connectivity index is 0.000000621. The Labute approximate surface area is 190 Å². The van der Waals surface area contributed by atoms with Crippen molar-refractivity contribution in [3.8, 4) is 0 Å². The fourth-order valence-corrected chi connectivity index (χ4v) is 2.72. The molecular weight excluding hydrogens is 420 g/mol. The summed E-state index contributed by atoms with van der Waals surface area (Å²) in [5.74, 6) is -1.70. The lowest BCUT2D eigenvalue weighted by Gasteiger charge is -2.22. The minimum atomic E-state index is -0.859. The largest absolute Gasteiger partial charge is 0.395 e. The number of rotatable bonds is 11. The van der Waals surface area contributed by atoms with Gasteiger partial charge < -0.3 is 25.9 Å². The second-order valence-electron chi connectivity index (χ2n) is 7.80. The van der Waals surface area contributed by atoms with Crippen LogP contribution in [0.3, 0.4) is 0 Å². The van der Waals surface area contributed by atoms with Crippen molar-refractivity contribution in [3.63, 3.8) is 0 Å². The molecule has 1 rings (SSSR count). The molecule has 0 aliphatic carbocycles. The molecule has 1 aliphatic rings. The van der Waals surface area contributed by atoms with Gasteiger partial charge in [0.2, 0.25) is 29.5 Å². The fraction of sp³-hybridized carbons (Fsp3) is 0.714. The lowest BCUT2D eigenvalue weighted by atomic mass is 10.0. The molecule has 0 aromatic rings. The van der Waals surface area contributed by atoms with Gasteiger partial charge in [0.25, 0.3) is 0 Å². The summed E-state index contributed by atoms with van der Waals surface area (Å²) in [6, 6.07) is -1.54. The van der Waals surface area contributed by atoms with Crippen molar-refractivity contribution in [1.29, 1.82) is 0 Å². The molecular formula is C21H36N4O7. The molecule has 1 fully saturated rings. The topological polar surface area (TPSA) is 162 Å². The van der Waals surface area contributed by atoms with Crippen molar-refractivity contribution in [2.75, 3.05) is 19.7 Å². The van der Waals surface area contributed by atoms with Crippen LogP contribution in [-0.4, -0.2) is 77.6 Å². The van der Waals surface area contributed by atoms with Crippen molar-refractivity contribution in [3.05, 3.63) is 0 Å². The number of carbonyl (C=O) groups excluding carboxylic acids is 6. The molecule has 0 aromatic heterocycles. The highest BCUT2D eigenvalue weighted by molar-refractivity contribution is 6.03. The zero-order valence-corrected chi connectivity index (χ0v) is 19.4. The van der Waals surface area contributed by atoms with Gasteiger partial charge in [-0.1, -0.05) is 27.7 Å².